The van der Waals surface area contributed by atoms with Gasteiger partial charge >= 0.3 is 0 Å². The zero-order chi connectivity index (χ0) is 15.4. The van der Waals surface area contributed by atoms with Crippen molar-refractivity contribution in [2.24, 2.45) is 0 Å². The van der Waals surface area contributed by atoms with Crippen LogP contribution in [0.1, 0.15) is 37.8 Å². The van der Waals surface area contributed by atoms with Gasteiger partial charge in [-0.1, -0.05) is 6.92 Å². The Morgan fingerprint density at radius 3 is 2.86 bits per heavy atom. The van der Waals surface area contributed by atoms with Crippen molar-refractivity contribution in [3.05, 3.63) is 27.7 Å². The van der Waals surface area contributed by atoms with Crippen LogP contribution in [-0.2, 0) is 13.0 Å². The minimum atomic E-state index is 0.359. The zero-order valence-electron chi connectivity index (χ0n) is 13.4. The molecule has 1 aliphatic rings. The van der Waals surface area contributed by atoms with Crippen LogP contribution in [0.5, 0.6) is 5.75 Å². The molecule has 0 aliphatic carbocycles. The summed E-state index contributed by atoms with van der Waals surface area (Å²) < 4.78 is 0.805. The molecule has 1 aromatic rings. The van der Waals surface area contributed by atoms with Crippen LogP contribution in [0, 0.1) is 0 Å². The Hall–Kier alpha value is -0.580. The Morgan fingerprint density at radius 1 is 1.38 bits per heavy atom. The molecule has 0 spiro atoms. The van der Waals surface area contributed by atoms with Gasteiger partial charge in [-0.15, -0.1) is 0 Å². The van der Waals surface area contributed by atoms with E-state index in [0.717, 1.165) is 37.1 Å². The molecule has 2 rings (SSSR count). The summed E-state index contributed by atoms with van der Waals surface area (Å²) in [6.45, 7) is 8.95. The molecule has 0 saturated heterocycles. The van der Waals surface area contributed by atoms with Crippen LogP contribution in [0.25, 0.3) is 0 Å². The standard InChI is InChI=1S/C17H27BrN2O/c1-4-13(2)19(3)7-5-8-20-9-6-14-11-17(21)16(18)10-15(14)12-20/h10-11,13,21H,4-9,12H2,1-3H3. The van der Waals surface area contributed by atoms with E-state index in [9.17, 15) is 5.11 Å². The molecule has 3 nitrogen and oxygen atoms in total. The number of rotatable bonds is 6. The number of halogens is 1. The van der Waals surface area contributed by atoms with Gasteiger partial charge in [0.1, 0.15) is 5.75 Å². The summed E-state index contributed by atoms with van der Waals surface area (Å²) in [6.07, 6.45) is 3.47. The molecular weight excluding hydrogens is 328 g/mol. The molecule has 0 bridgehead atoms. The van der Waals surface area contributed by atoms with Crippen LogP contribution >= 0.6 is 15.9 Å². The summed E-state index contributed by atoms with van der Waals surface area (Å²) >= 11 is 3.41. The van der Waals surface area contributed by atoms with Gasteiger partial charge in [-0.2, -0.15) is 0 Å². The van der Waals surface area contributed by atoms with Crippen LogP contribution in [-0.4, -0.2) is 47.6 Å². The van der Waals surface area contributed by atoms with Gasteiger partial charge in [0, 0.05) is 19.1 Å². The van der Waals surface area contributed by atoms with Crippen molar-refractivity contribution in [1.29, 1.82) is 0 Å². The van der Waals surface area contributed by atoms with Gasteiger partial charge in [0.15, 0.2) is 0 Å². The van der Waals surface area contributed by atoms with Gasteiger partial charge in [-0.25, -0.2) is 0 Å². The van der Waals surface area contributed by atoms with E-state index in [1.54, 1.807) is 0 Å². The monoisotopic (exact) mass is 354 g/mol. The second kappa shape index (κ2) is 7.61. The third kappa shape index (κ3) is 4.44. The van der Waals surface area contributed by atoms with E-state index >= 15 is 0 Å². The molecule has 4 heteroatoms. The summed E-state index contributed by atoms with van der Waals surface area (Å²) in [5, 5.41) is 9.75. The predicted molar refractivity (Wildman–Crippen MR) is 91.8 cm³/mol. The van der Waals surface area contributed by atoms with Crippen molar-refractivity contribution in [2.75, 3.05) is 26.7 Å². The number of phenols is 1. The lowest BCUT2D eigenvalue weighted by atomic mass is 9.99. The Balaban J connectivity index is 1.83. The number of phenolic OH excluding ortho intramolecular Hbond substituents is 1. The molecule has 0 radical (unpaired) electrons. The van der Waals surface area contributed by atoms with E-state index in [1.807, 2.05) is 6.07 Å². The first kappa shape index (κ1) is 16.8. The normalized spacial score (nSPS) is 17.0. The van der Waals surface area contributed by atoms with Crippen molar-refractivity contribution in [1.82, 2.24) is 9.80 Å². The second-order valence-corrected chi connectivity index (χ2v) is 7.04. The van der Waals surface area contributed by atoms with Gasteiger partial charge in [0.05, 0.1) is 4.47 Å². The Bertz CT molecular complexity index is 478. The average Bonchev–Trinajstić information content (AvgIpc) is 2.47. The molecule has 1 unspecified atom stereocenters. The minimum Gasteiger partial charge on any atom is -0.507 e. The van der Waals surface area contributed by atoms with Crippen molar-refractivity contribution in [3.63, 3.8) is 0 Å². The molecule has 1 N–H and O–H groups in total. The van der Waals surface area contributed by atoms with Crippen LogP contribution in [0.4, 0.5) is 0 Å². The van der Waals surface area contributed by atoms with Crippen LogP contribution in [0.3, 0.4) is 0 Å². The second-order valence-electron chi connectivity index (χ2n) is 6.19. The minimum absolute atomic E-state index is 0.359. The van der Waals surface area contributed by atoms with Crippen molar-refractivity contribution < 1.29 is 5.11 Å². The number of aromatic hydroxyl groups is 1. The lowest BCUT2D eigenvalue weighted by Gasteiger charge is -2.30. The maximum absolute atomic E-state index is 9.75. The fourth-order valence-electron chi connectivity index (χ4n) is 2.89. The smallest absolute Gasteiger partial charge is 0.130 e. The summed E-state index contributed by atoms with van der Waals surface area (Å²) in [5.41, 5.74) is 2.64. The Kier molecular flexibility index (Phi) is 6.08. The van der Waals surface area contributed by atoms with Gasteiger partial charge in [-0.05, 0) is 85.5 Å². The third-order valence-electron chi connectivity index (χ3n) is 4.69. The topological polar surface area (TPSA) is 26.7 Å². The molecule has 0 saturated carbocycles. The number of fused-ring (bicyclic) bond motifs is 1. The highest BCUT2D eigenvalue weighted by atomic mass is 79.9. The number of nitrogens with zero attached hydrogens (tertiary/aromatic N) is 2. The molecule has 21 heavy (non-hydrogen) atoms. The van der Waals surface area contributed by atoms with Crippen molar-refractivity contribution >= 4 is 15.9 Å². The molecule has 1 aromatic carbocycles. The number of hydrogen-bond donors (Lipinski definition) is 1. The number of hydrogen-bond acceptors (Lipinski definition) is 3. The van der Waals surface area contributed by atoms with E-state index in [-0.39, 0.29) is 0 Å². The van der Waals surface area contributed by atoms with E-state index in [1.165, 1.54) is 24.0 Å². The van der Waals surface area contributed by atoms with Crippen molar-refractivity contribution in [3.8, 4) is 5.75 Å². The largest absolute Gasteiger partial charge is 0.507 e. The molecule has 0 aromatic heterocycles. The van der Waals surface area contributed by atoms with Crippen LogP contribution in [0.15, 0.2) is 16.6 Å². The lowest BCUT2D eigenvalue weighted by molar-refractivity contribution is 0.207. The highest BCUT2D eigenvalue weighted by molar-refractivity contribution is 9.10. The zero-order valence-corrected chi connectivity index (χ0v) is 15.0. The molecule has 0 amide bonds. The van der Waals surface area contributed by atoms with E-state index in [4.69, 9.17) is 0 Å². The quantitative estimate of drug-likeness (QED) is 0.844. The summed E-state index contributed by atoms with van der Waals surface area (Å²) in [6, 6.07) is 4.65. The van der Waals surface area contributed by atoms with Gasteiger partial charge in [0.2, 0.25) is 0 Å². The number of benzene rings is 1. The molecule has 1 aliphatic heterocycles. The Labute approximate surface area is 137 Å². The van der Waals surface area contributed by atoms with Gasteiger partial charge in [0.25, 0.3) is 0 Å². The first-order valence-electron chi connectivity index (χ1n) is 7.94. The lowest BCUT2D eigenvalue weighted by Crippen LogP contribution is -2.35. The van der Waals surface area contributed by atoms with E-state index in [0.29, 0.717) is 11.8 Å². The molecular formula is C17H27BrN2O. The maximum Gasteiger partial charge on any atom is 0.130 e. The average molecular weight is 355 g/mol. The van der Waals surface area contributed by atoms with E-state index in [2.05, 4.69) is 52.7 Å². The van der Waals surface area contributed by atoms with Crippen molar-refractivity contribution in [2.45, 2.75) is 45.7 Å². The third-order valence-corrected chi connectivity index (χ3v) is 5.32. The SMILES string of the molecule is CCC(C)N(C)CCCN1CCc2cc(O)c(Br)cc2C1. The fraction of sp³-hybridized carbons (Fsp3) is 0.647. The first-order valence-corrected chi connectivity index (χ1v) is 8.73. The van der Waals surface area contributed by atoms with E-state index < -0.39 is 0 Å². The molecule has 0 fully saturated rings. The predicted octanol–water partition coefficient (Wildman–Crippen LogP) is 3.63. The van der Waals surface area contributed by atoms with Gasteiger partial charge in [-0.3, -0.25) is 4.90 Å². The molecule has 118 valence electrons. The first-order chi connectivity index (χ1) is 10.0. The highest BCUT2D eigenvalue weighted by Gasteiger charge is 2.18. The highest BCUT2D eigenvalue weighted by Crippen LogP contribution is 2.30. The maximum atomic E-state index is 9.75. The summed E-state index contributed by atoms with van der Waals surface area (Å²) in [5.74, 6) is 0.359. The summed E-state index contributed by atoms with van der Waals surface area (Å²) in [7, 11) is 2.22. The summed E-state index contributed by atoms with van der Waals surface area (Å²) in [4.78, 5) is 4.97. The fourth-order valence-corrected chi connectivity index (χ4v) is 3.28. The molecule has 1 heterocycles. The van der Waals surface area contributed by atoms with Crippen LogP contribution in [0.2, 0.25) is 0 Å². The molecule has 1 atom stereocenters. The van der Waals surface area contributed by atoms with Crippen LogP contribution < -0.4 is 0 Å². The Morgan fingerprint density at radius 2 is 2.14 bits per heavy atom. The van der Waals surface area contributed by atoms with Gasteiger partial charge < -0.3 is 10.0 Å².